The van der Waals surface area contributed by atoms with Gasteiger partial charge in [0.2, 0.25) is 6.41 Å². The topological polar surface area (TPSA) is 66.4 Å². The predicted octanol–water partition coefficient (Wildman–Crippen LogP) is 1.32. The molecule has 0 radical (unpaired) electrons. The van der Waals surface area contributed by atoms with Gasteiger partial charge < -0.3 is 10.4 Å². The van der Waals surface area contributed by atoms with Gasteiger partial charge in [0.15, 0.2) is 0 Å². The number of carboxylic acid groups (broad SMARTS) is 1. The molecule has 0 aliphatic heterocycles. The highest BCUT2D eigenvalue weighted by atomic mass is 32.1. The zero-order valence-electron chi connectivity index (χ0n) is 6.33. The monoisotopic (exact) mass is 185 g/mol. The Hall–Kier alpha value is -1.36. The third kappa shape index (κ3) is 1.62. The molecule has 0 aliphatic carbocycles. The Labute approximate surface area is 72.8 Å². The number of hydrogen-bond acceptors (Lipinski definition) is 3. The molecule has 5 heteroatoms. The molecule has 2 N–H and O–H groups in total. The van der Waals surface area contributed by atoms with Crippen LogP contribution in [-0.4, -0.2) is 17.5 Å². The lowest BCUT2D eigenvalue weighted by Crippen LogP contribution is -1.93. The van der Waals surface area contributed by atoms with Gasteiger partial charge in [0, 0.05) is 0 Å². The van der Waals surface area contributed by atoms with E-state index in [-0.39, 0.29) is 4.88 Å². The van der Waals surface area contributed by atoms with E-state index >= 15 is 0 Å². The lowest BCUT2D eigenvalue weighted by atomic mass is 10.3. The summed E-state index contributed by atoms with van der Waals surface area (Å²) in [5.74, 6) is -0.962. The van der Waals surface area contributed by atoms with Gasteiger partial charge in [-0.3, -0.25) is 4.79 Å². The van der Waals surface area contributed by atoms with Crippen molar-refractivity contribution in [3.63, 3.8) is 0 Å². The number of aryl methyl sites for hydroxylation is 1. The Morgan fingerprint density at radius 1 is 1.75 bits per heavy atom. The van der Waals surface area contributed by atoms with Gasteiger partial charge in [-0.05, 0) is 18.6 Å². The number of anilines is 1. The number of nitrogens with one attached hydrogen (secondary N) is 1. The molecule has 4 nitrogen and oxygen atoms in total. The minimum absolute atomic E-state index is 0.263. The van der Waals surface area contributed by atoms with Crippen LogP contribution in [0.2, 0.25) is 0 Å². The fourth-order valence-electron chi connectivity index (χ4n) is 0.824. The Morgan fingerprint density at radius 2 is 2.42 bits per heavy atom. The standard InChI is InChI=1S/C7H7NO3S/c1-4-2-5(8-3-9)12-6(4)7(10)11/h2-3H,1H3,(H,8,9)(H,10,11). The van der Waals surface area contributed by atoms with E-state index in [0.717, 1.165) is 11.3 Å². The molecule has 0 saturated carbocycles. The van der Waals surface area contributed by atoms with Crippen LogP contribution >= 0.6 is 11.3 Å². The van der Waals surface area contributed by atoms with Gasteiger partial charge in [0.25, 0.3) is 0 Å². The van der Waals surface area contributed by atoms with Gasteiger partial charge in [-0.2, -0.15) is 0 Å². The summed E-state index contributed by atoms with van der Waals surface area (Å²) >= 11 is 1.05. The van der Waals surface area contributed by atoms with Crippen molar-refractivity contribution in [1.29, 1.82) is 0 Å². The molecule has 1 aromatic heterocycles. The highest BCUT2D eigenvalue weighted by Crippen LogP contribution is 2.25. The van der Waals surface area contributed by atoms with E-state index in [1.54, 1.807) is 13.0 Å². The lowest BCUT2D eigenvalue weighted by molar-refractivity contribution is -0.105. The molecule has 1 amide bonds. The molecular weight excluding hydrogens is 178 g/mol. The van der Waals surface area contributed by atoms with E-state index in [2.05, 4.69) is 5.32 Å². The van der Waals surface area contributed by atoms with Crippen LogP contribution in [0.5, 0.6) is 0 Å². The van der Waals surface area contributed by atoms with Gasteiger partial charge in [-0.1, -0.05) is 0 Å². The van der Waals surface area contributed by atoms with Crippen molar-refractivity contribution in [1.82, 2.24) is 0 Å². The first-order chi connectivity index (χ1) is 5.65. The van der Waals surface area contributed by atoms with E-state index in [9.17, 15) is 9.59 Å². The molecule has 1 heterocycles. The Bertz CT molecular complexity index is 318. The fourth-order valence-corrected chi connectivity index (χ4v) is 1.69. The van der Waals surface area contributed by atoms with Crippen molar-refractivity contribution in [3.8, 4) is 0 Å². The molecule has 12 heavy (non-hydrogen) atoms. The number of amides is 1. The summed E-state index contributed by atoms with van der Waals surface area (Å²) in [6.45, 7) is 1.69. The Morgan fingerprint density at radius 3 is 2.83 bits per heavy atom. The molecule has 64 valence electrons. The van der Waals surface area contributed by atoms with Gasteiger partial charge in [-0.15, -0.1) is 11.3 Å². The van der Waals surface area contributed by atoms with Crippen LogP contribution in [0.4, 0.5) is 5.00 Å². The molecule has 0 atom stereocenters. The minimum atomic E-state index is -0.962. The molecule has 1 aromatic rings. The maximum Gasteiger partial charge on any atom is 0.346 e. The zero-order valence-corrected chi connectivity index (χ0v) is 7.14. The maximum absolute atomic E-state index is 10.5. The number of rotatable bonds is 3. The maximum atomic E-state index is 10.5. The summed E-state index contributed by atoms with van der Waals surface area (Å²) in [5, 5.41) is 11.6. The summed E-state index contributed by atoms with van der Waals surface area (Å²) in [6, 6.07) is 1.63. The molecule has 0 unspecified atom stereocenters. The van der Waals surface area contributed by atoms with E-state index in [0.29, 0.717) is 17.0 Å². The van der Waals surface area contributed by atoms with Crippen molar-refractivity contribution >= 4 is 28.7 Å². The largest absolute Gasteiger partial charge is 0.477 e. The fraction of sp³-hybridized carbons (Fsp3) is 0.143. The van der Waals surface area contributed by atoms with Crippen LogP contribution in [0, 0.1) is 6.92 Å². The number of carbonyl (C=O) groups excluding carboxylic acids is 1. The van der Waals surface area contributed by atoms with Crippen LogP contribution < -0.4 is 5.32 Å². The number of carbonyl (C=O) groups is 2. The predicted molar refractivity (Wildman–Crippen MR) is 45.7 cm³/mol. The van der Waals surface area contributed by atoms with Gasteiger partial charge >= 0.3 is 5.97 Å². The second kappa shape index (κ2) is 3.36. The van der Waals surface area contributed by atoms with Crippen molar-refractivity contribution in [2.45, 2.75) is 6.92 Å². The van der Waals surface area contributed by atoms with E-state index < -0.39 is 5.97 Å². The number of carboxylic acids is 1. The van der Waals surface area contributed by atoms with Crippen molar-refractivity contribution in [2.75, 3.05) is 5.32 Å². The third-order valence-corrected chi connectivity index (χ3v) is 2.47. The Kier molecular flexibility index (Phi) is 2.44. The summed E-state index contributed by atoms with van der Waals surface area (Å²) in [6.07, 6.45) is 0.525. The zero-order chi connectivity index (χ0) is 9.14. The summed E-state index contributed by atoms with van der Waals surface area (Å²) in [5.41, 5.74) is 0.664. The van der Waals surface area contributed by atoms with E-state index in [4.69, 9.17) is 5.11 Å². The third-order valence-electron chi connectivity index (χ3n) is 1.31. The lowest BCUT2D eigenvalue weighted by Gasteiger charge is -1.87. The van der Waals surface area contributed by atoms with Gasteiger partial charge in [0.05, 0.1) is 5.00 Å². The number of thiophene rings is 1. The first-order valence-corrected chi connectivity index (χ1v) is 4.00. The molecule has 0 saturated heterocycles. The van der Waals surface area contributed by atoms with E-state index in [1.165, 1.54) is 0 Å². The van der Waals surface area contributed by atoms with Crippen molar-refractivity contribution < 1.29 is 14.7 Å². The van der Waals surface area contributed by atoms with Crippen molar-refractivity contribution in [2.24, 2.45) is 0 Å². The van der Waals surface area contributed by atoms with Crippen LogP contribution in [-0.2, 0) is 4.79 Å². The van der Waals surface area contributed by atoms with Crippen LogP contribution in [0.15, 0.2) is 6.07 Å². The quantitative estimate of drug-likeness (QED) is 0.698. The first-order valence-electron chi connectivity index (χ1n) is 3.19. The molecule has 0 bridgehead atoms. The molecular formula is C7H7NO3S. The molecule has 1 rings (SSSR count). The highest BCUT2D eigenvalue weighted by molar-refractivity contribution is 7.18. The van der Waals surface area contributed by atoms with Gasteiger partial charge in [-0.25, -0.2) is 4.79 Å². The SMILES string of the molecule is Cc1cc(NC=O)sc1C(=O)O. The number of hydrogen-bond donors (Lipinski definition) is 2. The summed E-state index contributed by atoms with van der Waals surface area (Å²) < 4.78 is 0. The normalized spacial score (nSPS) is 9.42. The summed E-state index contributed by atoms with van der Waals surface area (Å²) in [7, 11) is 0. The smallest absolute Gasteiger partial charge is 0.346 e. The highest BCUT2D eigenvalue weighted by Gasteiger charge is 2.11. The summed E-state index contributed by atoms with van der Waals surface area (Å²) in [4.78, 5) is 20.8. The second-order valence-electron chi connectivity index (χ2n) is 2.19. The van der Waals surface area contributed by atoms with Crippen LogP contribution in [0.3, 0.4) is 0 Å². The number of aromatic carboxylic acids is 1. The molecule has 0 fully saturated rings. The molecule has 0 aromatic carbocycles. The van der Waals surface area contributed by atoms with Crippen molar-refractivity contribution in [3.05, 3.63) is 16.5 Å². The minimum Gasteiger partial charge on any atom is -0.477 e. The van der Waals surface area contributed by atoms with Crippen LogP contribution in [0.25, 0.3) is 0 Å². The molecule has 0 spiro atoms. The average Bonchev–Trinajstić information content (AvgIpc) is 2.32. The second-order valence-corrected chi connectivity index (χ2v) is 3.24. The first kappa shape index (κ1) is 8.73. The van der Waals surface area contributed by atoms with Gasteiger partial charge in [0.1, 0.15) is 4.88 Å². The van der Waals surface area contributed by atoms with E-state index in [1.807, 2.05) is 0 Å². The average molecular weight is 185 g/mol. The Balaban J connectivity index is 2.99. The van der Waals surface area contributed by atoms with Crippen LogP contribution in [0.1, 0.15) is 15.2 Å². The molecule has 0 aliphatic rings.